The predicted octanol–water partition coefficient (Wildman–Crippen LogP) is 3.34. The second kappa shape index (κ2) is 9.53. The highest BCUT2D eigenvalue weighted by atomic mass is 35.5. The molecule has 3 N–H and O–H groups in total. The minimum atomic E-state index is -0.457. The Hall–Kier alpha value is -1.59. The topological polar surface area (TPSA) is 70.2 Å². The van der Waals surface area contributed by atoms with Crippen molar-refractivity contribution in [1.82, 2.24) is 5.32 Å². The van der Waals surface area contributed by atoms with Crippen molar-refractivity contribution < 1.29 is 9.59 Å². The zero-order valence-corrected chi connectivity index (χ0v) is 15.4. The van der Waals surface area contributed by atoms with Crippen LogP contribution in [0.2, 0.25) is 0 Å². The number of carbonyl (C=O) groups excluding carboxylic acids is 2. The number of halogens is 1. The van der Waals surface area contributed by atoms with Crippen LogP contribution in [0.5, 0.6) is 0 Å². The fourth-order valence-electron chi connectivity index (χ4n) is 1.79. The molecule has 1 rings (SSSR count). The van der Waals surface area contributed by atoms with Crippen LogP contribution in [0.3, 0.4) is 0 Å². The molecule has 0 unspecified atom stereocenters. The van der Waals surface area contributed by atoms with Gasteiger partial charge in [-0.2, -0.15) is 0 Å². The Balaban J connectivity index is 0.00000484. The molecule has 0 radical (unpaired) electrons. The fraction of sp³-hybridized carbons (Fsp3) is 0.529. The number of hydrogen-bond acceptors (Lipinski definition) is 3. The zero-order chi connectivity index (χ0) is 16.8. The number of aryl methyl sites for hydroxylation is 1. The minimum absolute atomic E-state index is 0. The molecular weight excluding hydrogens is 314 g/mol. The molecule has 0 saturated heterocycles. The van der Waals surface area contributed by atoms with Gasteiger partial charge in [0.05, 0.1) is 0 Å². The Morgan fingerprint density at radius 2 is 1.78 bits per heavy atom. The van der Waals surface area contributed by atoms with Crippen LogP contribution in [0.1, 0.15) is 39.2 Å². The van der Waals surface area contributed by atoms with Gasteiger partial charge in [-0.3, -0.25) is 9.59 Å². The number of rotatable bonds is 6. The van der Waals surface area contributed by atoms with Crippen molar-refractivity contribution in [2.45, 2.75) is 40.5 Å². The smallest absolute Gasteiger partial charge is 0.229 e. The highest BCUT2D eigenvalue weighted by Crippen LogP contribution is 2.23. The number of amides is 2. The van der Waals surface area contributed by atoms with Crippen molar-refractivity contribution in [1.29, 1.82) is 0 Å². The Kier molecular flexibility index (Phi) is 8.87. The predicted molar refractivity (Wildman–Crippen MR) is 98.3 cm³/mol. The van der Waals surface area contributed by atoms with Crippen molar-refractivity contribution >= 4 is 35.6 Å². The molecule has 23 heavy (non-hydrogen) atoms. The summed E-state index contributed by atoms with van der Waals surface area (Å²) in [5, 5.41) is 8.79. The molecule has 0 aliphatic carbocycles. The lowest BCUT2D eigenvalue weighted by molar-refractivity contribution is -0.123. The van der Waals surface area contributed by atoms with Gasteiger partial charge in [-0.05, 0) is 44.6 Å². The molecule has 6 heteroatoms. The molecule has 0 aliphatic heterocycles. The molecule has 0 fully saturated rings. The van der Waals surface area contributed by atoms with E-state index in [-0.39, 0.29) is 24.2 Å². The number of anilines is 2. The Labute approximate surface area is 145 Å². The molecule has 0 atom stereocenters. The summed E-state index contributed by atoms with van der Waals surface area (Å²) in [5.74, 6) is -0.0692. The van der Waals surface area contributed by atoms with Gasteiger partial charge >= 0.3 is 0 Å². The second-order valence-corrected chi connectivity index (χ2v) is 6.49. The molecule has 1 aromatic carbocycles. The normalized spacial score (nSPS) is 10.7. The van der Waals surface area contributed by atoms with Crippen LogP contribution in [0.25, 0.3) is 0 Å². The van der Waals surface area contributed by atoms with Gasteiger partial charge in [-0.15, -0.1) is 12.4 Å². The number of benzene rings is 1. The third-order valence-corrected chi connectivity index (χ3v) is 3.28. The van der Waals surface area contributed by atoms with Gasteiger partial charge < -0.3 is 16.0 Å². The van der Waals surface area contributed by atoms with Crippen molar-refractivity contribution in [2.24, 2.45) is 5.41 Å². The average molecular weight is 342 g/mol. The van der Waals surface area contributed by atoms with Gasteiger partial charge in [-0.25, -0.2) is 0 Å². The van der Waals surface area contributed by atoms with Crippen LogP contribution < -0.4 is 16.0 Å². The van der Waals surface area contributed by atoms with Gasteiger partial charge in [-0.1, -0.05) is 26.8 Å². The van der Waals surface area contributed by atoms with Gasteiger partial charge in [0.2, 0.25) is 11.8 Å². The number of hydrogen-bond donors (Lipinski definition) is 3. The van der Waals surface area contributed by atoms with Crippen LogP contribution in [0.4, 0.5) is 11.4 Å². The number of carbonyl (C=O) groups is 2. The molecule has 130 valence electrons. The standard InChI is InChI=1S/C17H27N3O2.ClH/c1-12-8-9-13(19-16(22)17(2,3)4)11-14(12)20-15(21)7-6-10-18-5;/h8-9,11,18H,6-7,10H2,1-5H3,(H,19,22)(H,20,21);1H. The molecule has 1 aromatic rings. The lowest BCUT2D eigenvalue weighted by Gasteiger charge is -2.18. The third-order valence-electron chi connectivity index (χ3n) is 3.28. The van der Waals surface area contributed by atoms with Crippen molar-refractivity contribution in [2.75, 3.05) is 24.2 Å². The van der Waals surface area contributed by atoms with Crippen LogP contribution in [-0.4, -0.2) is 25.4 Å². The first-order valence-electron chi connectivity index (χ1n) is 7.60. The lowest BCUT2D eigenvalue weighted by Crippen LogP contribution is -2.27. The summed E-state index contributed by atoms with van der Waals surface area (Å²) < 4.78 is 0. The van der Waals surface area contributed by atoms with Crippen molar-refractivity contribution in [3.63, 3.8) is 0 Å². The van der Waals surface area contributed by atoms with E-state index < -0.39 is 5.41 Å². The van der Waals surface area contributed by atoms with Gasteiger partial charge in [0.25, 0.3) is 0 Å². The fourth-order valence-corrected chi connectivity index (χ4v) is 1.79. The maximum atomic E-state index is 12.0. The van der Waals surface area contributed by atoms with Crippen LogP contribution in [-0.2, 0) is 9.59 Å². The monoisotopic (exact) mass is 341 g/mol. The summed E-state index contributed by atoms with van der Waals surface area (Å²) in [7, 11) is 1.86. The van der Waals surface area contributed by atoms with E-state index in [0.29, 0.717) is 12.1 Å². The largest absolute Gasteiger partial charge is 0.326 e. The van der Waals surface area contributed by atoms with E-state index >= 15 is 0 Å². The van der Waals surface area contributed by atoms with E-state index in [9.17, 15) is 9.59 Å². The molecule has 0 bridgehead atoms. The highest BCUT2D eigenvalue weighted by Gasteiger charge is 2.21. The summed E-state index contributed by atoms with van der Waals surface area (Å²) >= 11 is 0. The van der Waals surface area contributed by atoms with Crippen molar-refractivity contribution in [3.05, 3.63) is 23.8 Å². The SMILES string of the molecule is CNCCCC(=O)Nc1cc(NC(=O)C(C)(C)C)ccc1C.Cl. The average Bonchev–Trinajstić information content (AvgIpc) is 2.41. The number of nitrogens with one attached hydrogen (secondary N) is 3. The zero-order valence-electron chi connectivity index (χ0n) is 14.6. The first-order chi connectivity index (χ1) is 10.2. The third kappa shape index (κ3) is 7.48. The first-order valence-corrected chi connectivity index (χ1v) is 7.60. The Morgan fingerprint density at radius 3 is 2.35 bits per heavy atom. The van der Waals surface area contributed by atoms with Crippen LogP contribution in [0.15, 0.2) is 18.2 Å². The van der Waals surface area contributed by atoms with E-state index in [1.54, 1.807) is 6.07 Å². The maximum Gasteiger partial charge on any atom is 0.229 e. The maximum absolute atomic E-state index is 12.0. The summed E-state index contributed by atoms with van der Waals surface area (Å²) in [4.78, 5) is 23.9. The molecule has 5 nitrogen and oxygen atoms in total. The van der Waals surface area contributed by atoms with Gasteiger partial charge in [0.1, 0.15) is 0 Å². The van der Waals surface area contributed by atoms with E-state index in [0.717, 1.165) is 24.2 Å². The summed E-state index contributed by atoms with van der Waals surface area (Å²) in [6.45, 7) is 8.33. The Morgan fingerprint density at radius 1 is 1.13 bits per heavy atom. The molecule has 0 aliphatic rings. The molecule has 0 aromatic heterocycles. The first kappa shape index (κ1) is 21.4. The highest BCUT2D eigenvalue weighted by molar-refractivity contribution is 5.96. The molecule has 0 heterocycles. The lowest BCUT2D eigenvalue weighted by atomic mass is 9.95. The summed E-state index contributed by atoms with van der Waals surface area (Å²) in [5.41, 5.74) is 1.94. The molecular formula is C17H28ClN3O2. The van der Waals surface area contributed by atoms with E-state index in [4.69, 9.17) is 0 Å². The quantitative estimate of drug-likeness (QED) is 0.695. The summed E-state index contributed by atoms with van der Waals surface area (Å²) in [6, 6.07) is 5.53. The van der Waals surface area contributed by atoms with Crippen molar-refractivity contribution in [3.8, 4) is 0 Å². The molecule has 0 spiro atoms. The molecule has 2 amide bonds. The van der Waals surface area contributed by atoms with Gasteiger partial charge in [0, 0.05) is 23.2 Å². The molecule has 0 saturated carbocycles. The van der Waals surface area contributed by atoms with E-state index in [1.165, 1.54) is 0 Å². The van der Waals surface area contributed by atoms with E-state index in [2.05, 4.69) is 16.0 Å². The van der Waals surface area contributed by atoms with Crippen LogP contribution in [0, 0.1) is 12.3 Å². The van der Waals surface area contributed by atoms with E-state index in [1.807, 2.05) is 46.9 Å². The minimum Gasteiger partial charge on any atom is -0.326 e. The summed E-state index contributed by atoms with van der Waals surface area (Å²) in [6.07, 6.45) is 1.26. The van der Waals surface area contributed by atoms with Crippen LogP contribution >= 0.6 is 12.4 Å². The Bertz CT molecular complexity index is 539. The van der Waals surface area contributed by atoms with Gasteiger partial charge in [0.15, 0.2) is 0 Å². The second-order valence-electron chi connectivity index (χ2n) is 6.49.